The van der Waals surface area contributed by atoms with Gasteiger partial charge < -0.3 is 10.6 Å². The van der Waals surface area contributed by atoms with Crippen molar-refractivity contribution in [2.75, 3.05) is 19.6 Å². The van der Waals surface area contributed by atoms with Crippen molar-refractivity contribution in [3.8, 4) is 0 Å². The largest absolute Gasteiger partial charge is 0.339 e. The van der Waals surface area contributed by atoms with E-state index in [1.54, 1.807) is 12.3 Å². The minimum absolute atomic E-state index is 0.0612. The van der Waals surface area contributed by atoms with Crippen molar-refractivity contribution in [1.82, 2.24) is 15.1 Å². The number of likely N-dealkylation sites (tertiary alicyclic amines) is 1. The number of rotatable bonds is 3. The van der Waals surface area contributed by atoms with E-state index in [-0.39, 0.29) is 5.91 Å². The lowest BCUT2D eigenvalue weighted by atomic mass is 9.93. The maximum absolute atomic E-state index is 12.1. The summed E-state index contributed by atoms with van der Waals surface area (Å²) >= 11 is 0. The molecular weight excluding hydrogens is 216 g/mol. The number of nitrogens with two attached hydrogens (primary N) is 1. The van der Waals surface area contributed by atoms with Crippen molar-refractivity contribution in [1.29, 1.82) is 0 Å². The van der Waals surface area contributed by atoms with E-state index < -0.39 is 0 Å². The summed E-state index contributed by atoms with van der Waals surface area (Å²) in [6.07, 6.45) is 6.25. The van der Waals surface area contributed by atoms with Gasteiger partial charge in [-0.1, -0.05) is 0 Å². The maximum atomic E-state index is 12.1. The smallest absolute Gasteiger partial charge is 0.255 e. The van der Waals surface area contributed by atoms with Gasteiger partial charge in [0.15, 0.2) is 0 Å². The molecule has 2 N–H and O–H groups in total. The van der Waals surface area contributed by atoms with Crippen LogP contribution >= 0.6 is 0 Å². The van der Waals surface area contributed by atoms with E-state index in [0.717, 1.165) is 38.9 Å². The third kappa shape index (κ3) is 3.00. The normalized spacial score (nSPS) is 17.1. The van der Waals surface area contributed by atoms with Gasteiger partial charge in [0.1, 0.15) is 0 Å². The first-order chi connectivity index (χ1) is 8.31. The Morgan fingerprint density at radius 3 is 2.76 bits per heavy atom. The number of amides is 1. The van der Waals surface area contributed by atoms with Crippen molar-refractivity contribution >= 4 is 5.91 Å². The van der Waals surface area contributed by atoms with Crippen molar-refractivity contribution in [3.05, 3.63) is 24.0 Å². The minimum atomic E-state index is 0.0612. The van der Waals surface area contributed by atoms with Crippen LogP contribution in [0.15, 0.2) is 18.5 Å². The fourth-order valence-corrected chi connectivity index (χ4v) is 2.26. The second-order valence-electron chi connectivity index (χ2n) is 4.44. The number of nitrogens with zero attached hydrogens (tertiary/aromatic N) is 3. The molecule has 0 unspecified atom stereocenters. The van der Waals surface area contributed by atoms with E-state index in [1.165, 1.54) is 6.20 Å². The van der Waals surface area contributed by atoms with Gasteiger partial charge in [-0.3, -0.25) is 4.79 Å². The number of aromatic nitrogens is 2. The van der Waals surface area contributed by atoms with Crippen LogP contribution < -0.4 is 5.73 Å². The van der Waals surface area contributed by atoms with Gasteiger partial charge in [0.2, 0.25) is 0 Å². The van der Waals surface area contributed by atoms with E-state index >= 15 is 0 Å². The highest BCUT2D eigenvalue weighted by molar-refractivity contribution is 5.93. The second-order valence-corrected chi connectivity index (χ2v) is 4.44. The molecule has 1 amide bonds. The van der Waals surface area contributed by atoms with Crippen LogP contribution in [0.1, 0.15) is 29.6 Å². The Kier molecular flexibility index (Phi) is 4.03. The molecular formula is C12H18N4O. The molecule has 0 atom stereocenters. The van der Waals surface area contributed by atoms with Crippen LogP contribution in [-0.4, -0.2) is 40.6 Å². The first-order valence-corrected chi connectivity index (χ1v) is 6.07. The summed E-state index contributed by atoms with van der Waals surface area (Å²) in [5, 5.41) is 7.41. The summed E-state index contributed by atoms with van der Waals surface area (Å²) in [4.78, 5) is 14.0. The Morgan fingerprint density at radius 1 is 1.41 bits per heavy atom. The summed E-state index contributed by atoms with van der Waals surface area (Å²) in [7, 11) is 0. The Labute approximate surface area is 101 Å². The van der Waals surface area contributed by atoms with E-state index in [1.807, 2.05) is 4.90 Å². The molecule has 2 heterocycles. The SMILES string of the molecule is NCCC1CCN(C(=O)c2ccnnc2)CC1. The van der Waals surface area contributed by atoms with Gasteiger partial charge in [-0.25, -0.2) is 0 Å². The van der Waals surface area contributed by atoms with Gasteiger partial charge in [-0.2, -0.15) is 10.2 Å². The predicted molar refractivity (Wildman–Crippen MR) is 64.3 cm³/mol. The molecule has 17 heavy (non-hydrogen) atoms. The maximum Gasteiger partial charge on any atom is 0.255 e. The molecule has 1 fully saturated rings. The Balaban J connectivity index is 1.91. The highest BCUT2D eigenvalue weighted by Gasteiger charge is 2.23. The van der Waals surface area contributed by atoms with Gasteiger partial charge in [0.05, 0.1) is 18.0 Å². The highest BCUT2D eigenvalue weighted by atomic mass is 16.2. The van der Waals surface area contributed by atoms with E-state index in [9.17, 15) is 4.79 Å². The predicted octanol–water partition coefficient (Wildman–Crippen LogP) is 0.678. The van der Waals surface area contributed by atoms with Crippen LogP contribution in [-0.2, 0) is 0 Å². The summed E-state index contributed by atoms with van der Waals surface area (Å²) in [5.74, 6) is 0.741. The van der Waals surface area contributed by atoms with Crippen LogP contribution in [0.5, 0.6) is 0 Å². The molecule has 5 nitrogen and oxygen atoms in total. The van der Waals surface area contributed by atoms with Crippen molar-refractivity contribution in [2.24, 2.45) is 11.7 Å². The minimum Gasteiger partial charge on any atom is -0.339 e. The first kappa shape index (κ1) is 12.0. The Bertz CT molecular complexity index is 360. The highest BCUT2D eigenvalue weighted by Crippen LogP contribution is 2.20. The molecule has 0 spiro atoms. The molecule has 0 saturated carbocycles. The van der Waals surface area contributed by atoms with E-state index in [4.69, 9.17) is 5.73 Å². The molecule has 0 radical (unpaired) electrons. The van der Waals surface area contributed by atoms with Gasteiger partial charge in [0, 0.05) is 13.1 Å². The molecule has 5 heteroatoms. The summed E-state index contributed by atoms with van der Waals surface area (Å²) in [5.41, 5.74) is 6.17. The number of hydrogen-bond acceptors (Lipinski definition) is 4. The Morgan fingerprint density at radius 2 is 2.18 bits per heavy atom. The molecule has 1 aliphatic rings. The molecule has 1 aliphatic heterocycles. The van der Waals surface area contributed by atoms with Crippen molar-refractivity contribution < 1.29 is 4.79 Å². The summed E-state index contributed by atoms with van der Waals surface area (Å²) in [6.45, 7) is 2.39. The van der Waals surface area contributed by atoms with Crippen LogP contribution in [0.3, 0.4) is 0 Å². The zero-order chi connectivity index (χ0) is 12.1. The van der Waals surface area contributed by atoms with Gasteiger partial charge in [-0.05, 0) is 37.8 Å². The topological polar surface area (TPSA) is 72.1 Å². The Hall–Kier alpha value is -1.49. The van der Waals surface area contributed by atoms with Gasteiger partial charge in [0.25, 0.3) is 5.91 Å². The summed E-state index contributed by atoms with van der Waals surface area (Å²) < 4.78 is 0. The molecule has 1 saturated heterocycles. The average molecular weight is 234 g/mol. The fraction of sp³-hybridized carbons (Fsp3) is 0.583. The number of hydrogen-bond donors (Lipinski definition) is 1. The van der Waals surface area contributed by atoms with Gasteiger partial charge in [-0.15, -0.1) is 0 Å². The van der Waals surface area contributed by atoms with Crippen LogP contribution in [0.2, 0.25) is 0 Å². The average Bonchev–Trinajstić information content (AvgIpc) is 2.40. The van der Waals surface area contributed by atoms with Crippen molar-refractivity contribution in [2.45, 2.75) is 19.3 Å². The van der Waals surface area contributed by atoms with Crippen LogP contribution in [0.25, 0.3) is 0 Å². The lowest BCUT2D eigenvalue weighted by Gasteiger charge is -2.31. The first-order valence-electron chi connectivity index (χ1n) is 6.07. The van der Waals surface area contributed by atoms with Crippen molar-refractivity contribution in [3.63, 3.8) is 0 Å². The molecule has 1 aromatic rings. The molecule has 2 rings (SSSR count). The fourth-order valence-electron chi connectivity index (χ4n) is 2.26. The van der Waals surface area contributed by atoms with Crippen LogP contribution in [0, 0.1) is 5.92 Å². The van der Waals surface area contributed by atoms with Crippen LogP contribution in [0.4, 0.5) is 0 Å². The third-order valence-electron chi connectivity index (χ3n) is 3.31. The standard InChI is InChI=1S/C12H18N4O/c13-5-1-10-3-7-16(8-4-10)12(17)11-2-6-14-15-9-11/h2,6,9-10H,1,3-5,7-8,13H2. The molecule has 92 valence electrons. The quantitative estimate of drug-likeness (QED) is 0.834. The zero-order valence-electron chi connectivity index (χ0n) is 9.88. The molecule has 0 aliphatic carbocycles. The van der Waals surface area contributed by atoms with Gasteiger partial charge >= 0.3 is 0 Å². The zero-order valence-corrected chi connectivity index (χ0v) is 9.88. The lowest BCUT2D eigenvalue weighted by Crippen LogP contribution is -2.38. The molecule has 0 aromatic carbocycles. The lowest BCUT2D eigenvalue weighted by molar-refractivity contribution is 0.0687. The number of piperidine rings is 1. The monoisotopic (exact) mass is 234 g/mol. The second kappa shape index (κ2) is 5.72. The van der Waals surface area contributed by atoms with E-state index in [0.29, 0.717) is 11.5 Å². The van der Waals surface area contributed by atoms with E-state index in [2.05, 4.69) is 10.2 Å². The summed E-state index contributed by atoms with van der Waals surface area (Å²) in [6, 6.07) is 1.71. The third-order valence-corrected chi connectivity index (χ3v) is 3.31. The number of carbonyl (C=O) groups is 1. The molecule has 1 aromatic heterocycles. The molecule has 0 bridgehead atoms. The number of carbonyl (C=O) groups excluding carboxylic acids is 1.